The van der Waals surface area contributed by atoms with Gasteiger partial charge in [0.05, 0.1) is 62.2 Å². The number of nitrogens with two attached hydrogens (primary N) is 1. The number of ketones is 5. The quantitative estimate of drug-likeness (QED) is 0.0346. The summed E-state index contributed by atoms with van der Waals surface area (Å²) in [6.07, 6.45) is 0.215. The lowest BCUT2D eigenvalue weighted by atomic mass is 9.90. The number of methoxy groups -OCH3 is 1. The van der Waals surface area contributed by atoms with Gasteiger partial charge in [0.25, 0.3) is 0 Å². The molecule has 0 aromatic rings. The number of aliphatic carboxylic acids is 1. The minimum atomic E-state index is -1.38. The molecule has 8 atom stereocenters. The van der Waals surface area contributed by atoms with Crippen molar-refractivity contribution in [1.29, 1.82) is 0 Å². The van der Waals surface area contributed by atoms with Gasteiger partial charge < -0.3 is 46.9 Å². The van der Waals surface area contributed by atoms with E-state index in [0.29, 0.717) is 32.2 Å². The summed E-state index contributed by atoms with van der Waals surface area (Å²) in [4.78, 5) is 156. The highest BCUT2D eigenvalue weighted by molar-refractivity contribution is 5.98. The molecule has 0 spiro atoms. The lowest BCUT2D eigenvalue weighted by Gasteiger charge is -2.25. The number of carbonyl (C=O) groups excluding carboxylic acids is 11. The summed E-state index contributed by atoms with van der Waals surface area (Å²) < 4.78 is 4.71. The number of aliphatic hydroxyl groups is 1. The summed E-state index contributed by atoms with van der Waals surface area (Å²) in [5, 5.41) is 29.7. The van der Waals surface area contributed by atoms with Gasteiger partial charge in [0.15, 0.2) is 23.1 Å². The van der Waals surface area contributed by atoms with Crippen molar-refractivity contribution in [1.82, 2.24) is 26.2 Å². The first kappa shape index (κ1) is 58.7. The molecule has 2 rings (SSSR count). The number of aliphatic hydroxyl groups excluding tert-OH is 1. The minimum Gasteiger partial charge on any atom is -0.481 e. The SMILES string of the molecule is CCCCC[C@H](CC(=O)[C@@H]1CCCN1C(=O)CCC(=O)[C@H](C)NC(=O)[C@@H](CC(=O)CNC(=O)[C@H](CC(=O)OC)CC(=O)[C@H](CCC(N)=O)NC(=O)CCC(=O)[C@@H]1C[C@@H](O)CN1)CC(C)C)C(=O)O. The Morgan fingerprint density at radius 1 is 0.779 bits per heavy atom. The second-order valence-electron chi connectivity index (χ2n) is 18.5. The van der Waals surface area contributed by atoms with E-state index in [2.05, 4.69) is 21.3 Å². The molecule has 21 heteroatoms. The average molecular weight is 963 g/mol. The summed E-state index contributed by atoms with van der Waals surface area (Å²) in [5.74, 6) is -10.9. The number of primary amides is 1. The molecule has 0 aromatic heterocycles. The Bertz CT molecular complexity index is 1820. The molecule has 0 bridgehead atoms. The number of ether oxygens (including phenoxy) is 1. The standard InChI is InChI=1S/C47H74N6O15/c1-6-7-8-10-29(47(66)67)21-40(59)36-11-9-18-53(36)43(62)17-14-37(56)28(4)51-46(65)30(19-27(2)3)20-32(54)26-50-45(64)31(23-44(63)68-5)22-39(58)34(12-15-41(48)60)52-42(61)16-13-38(57)35-24-33(55)25-49-35/h27-31,33-36,49,55H,6-26H2,1-5H3,(H2,48,60)(H,50,64)(H,51,65)(H,52,61)(H,66,67)/t28-,29+,30+,31-,33+,34-,35-,36-/m0/s1. The van der Waals surface area contributed by atoms with E-state index in [1.165, 1.54) is 11.8 Å². The first-order chi connectivity index (χ1) is 32.1. The van der Waals surface area contributed by atoms with Crippen molar-refractivity contribution in [3.63, 3.8) is 0 Å². The average Bonchev–Trinajstić information content (AvgIpc) is 3.96. The lowest BCUT2D eigenvalue weighted by molar-refractivity contribution is -0.145. The van der Waals surface area contributed by atoms with E-state index < -0.39 is 126 Å². The number of nitrogens with zero attached hydrogens (tertiary/aromatic N) is 1. The van der Waals surface area contributed by atoms with Crippen LogP contribution in [-0.4, -0.2) is 143 Å². The molecule has 0 aliphatic carbocycles. The molecule has 2 heterocycles. The molecule has 382 valence electrons. The van der Waals surface area contributed by atoms with Crippen molar-refractivity contribution in [3.05, 3.63) is 0 Å². The van der Waals surface area contributed by atoms with Gasteiger partial charge in [-0.3, -0.25) is 57.5 Å². The van der Waals surface area contributed by atoms with Gasteiger partial charge in [0, 0.05) is 70.4 Å². The molecule has 5 amide bonds. The molecule has 0 saturated carbocycles. The highest BCUT2D eigenvalue weighted by Crippen LogP contribution is 2.25. The third-order valence-corrected chi connectivity index (χ3v) is 12.3. The van der Waals surface area contributed by atoms with Gasteiger partial charge >= 0.3 is 11.9 Å². The summed E-state index contributed by atoms with van der Waals surface area (Å²) in [6.45, 7) is 7.03. The van der Waals surface area contributed by atoms with Crippen LogP contribution in [0.1, 0.15) is 143 Å². The summed E-state index contributed by atoms with van der Waals surface area (Å²) >= 11 is 0. The maximum atomic E-state index is 13.5. The Labute approximate surface area is 397 Å². The van der Waals surface area contributed by atoms with Crippen molar-refractivity contribution in [2.45, 2.75) is 174 Å². The molecule has 0 radical (unpaired) electrons. The molecule has 2 aliphatic heterocycles. The van der Waals surface area contributed by atoms with Crippen LogP contribution in [-0.2, 0) is 62.3 Å². The normalized spacial score (nSPS) is 18.9. The second-order valence-corrected chi connectivity index (χ2v) is 18.5. The number of carbonyl (C=O) groups is 12. The van der Waals surface area contributed by atoms with Crippen LogP contribution in [0, 0.1) is 23.7 Å². The fraction of sp³-hybridized carbons (Fsp3) is 0.745. The Morgan fingerprint density at radius 3 is 2.09 bits per heavy atom. The number of β-amino-alcohol motifs (C(OH)–C–C–N with tert-alkyl or cyclic N) is 1. The molecule has 0 aromatic carbocycles. The molecule has 21 nitrogen and oxygen atoms in total. The number of esters is 1. The van der Waals surface area contributed by atoms with Gasteiger partial charge in [-0.25, -0.2) is 0 Å². The van der Waals surface area contributed by atoms with Crippen LogP contribution < -0.4 is 27.0 Å². The highest BCUT2D eigenvalue weighted by atomic mass is 16.5. The summed E-state index contributed by atoms with van der Waals surface area (Å²) in [7, 11) is 1.07. The van der Waals surface area contributed by atoms with E-state index in [9.17, 15) is 67.7 Å². The second kappa shape index (κ2) is 30.1. The van der Waals surface area contributed by atoms with Gasteiger partial charge in [-0.1, -0.05) is 40.0 Å². The van der Waals surface area contributed by atoms with E-state index in [1.807, 2.05) is 20.8 Å². The fourth-order valence-corrected chi connectivity index (χ4v) is 8.43. The first-order valence-electron chi connectivity index (χ1n) is 23.8. The van der Waals surface area contributed by atoms with E-state index in [-0.39, 0.29) is 88.2 Å². The van der Waals surface area contributed by atoms with Crippen molar-refractivity contribution in [2.24, 2.45) is 29.4 Å². The lowest BCUT2D eigenvalue weighted by Crippen LogP contribution is -2.45. The number of nitrogens with one attached hydrogen (secondary N) is 4. The van der Waals surface area contributed by atoms with E-state index in [0.717, 1.165) is 20.0 Å². The molecule has 68 heavy (non-hydrogen) atoms. The van der Waals surface area contributed by atoms with Gasteiger partial charge in [-0.15, -0.1) is 0 Å². The van der Waals surface area contributed by atoms with Crippen molar-refractivity contribution in [3.8, 4) is 0 Å². The largest absolute Gasteiger partial charge is 0.481 e. The van der Waals surface area contributed by atoms with Crippen LogP contribution in [0.4, 0.5) is 0 Å². The predicted octanol–water partition coefficient (Wildman–Crippen LogP) is 0.770. The summed E-state index contributed by atoms with van der Waals surface area (Å²) in [5.41, 5.74) is 5.28. The van der Waals surface area contributed by atoms with Crippen molar-refractivity contribution in [2.75, 3.05) is 26.7 Å². The Balaban J connectivity index is 2.00. The maximum Gasteiger partial charge on any atom is 0.306 e. The van der Waals surface area contributed by atoms with Gasteiger partial charge in [-0.2, -0.15) is 0 Å². The highest BCUT2D eigenvalue weighted by Gasteiger charge is 2.37. The zero-order valence-corrected chi connectivity index (χ0v) is 40.3. The number of likely N-dealkylation sites (tertiary alicyclic amines) is 1. The number of carboxylic acid groups (broad SMARTS) is 1. The van der Waals surface area contributed by atoms with Gasteiger partial charge in [-0.05, 0) is 51.4 Å². The predicted molar refractivity (Wildman–Crippen MR) is 244 cm³/mol. The molecular formula is C47H74N6O15. The van der Waals surface area contributed by atoms with Gasteiger partial charge in [0.1, 0.15) is 5.78 Å². The van der Waals surface area contributed by atoms with E-state index >= 15 is 0 Å². The molecular weight excluding hydrogens is 889 g/mol. The van der Waals surface area contributed by atoms with Crippen LogP contribution in [0.15, 0.2) is 0 Å². The molecule has 8 N–H and O–H groups in total. The molecule has 0 unspecified atom stereocenters. The first-order valence-corrected chi connectivity index (χ1v) is 23.8. The monoisotopic (exact) mass is 963 g/mol. The summed E-state index contributed by atoms with van der Waals surface area (Å²) in [6, 6.07) is -3.75. The zero-order chi connectivity index (χ0) is 51.1. The Kier molecular flexibility index (Phi) is 26.0. The molecule has 2 saturated heterocycles. The van der Waals surface area contributed by atoms with E-state index in [1.54, 1.807) is 0 Å². The van der Waals surface area contributed by atoms with Crippen LogP contribution in [0.3, 0.4) is 0 Å². The number of unbranched alkanes of at least 4 members (excludes halogenated alkanes) is 2. The van der Waals surface area contributed by atoms with Crippen molar-refractivity contribution >= 4 is 70.4 Å². The fourth-order valence-electron chi connectivity index (χ4n) is 8.43. The molecule has 2 aliphatic rings. The minimum absolute atomic E-state index is 0.0766. The Hall–Kier alpha value is -5.44. The third kappa shape index (κ3) is 21.2. The van der Waals surface area contributed by atoms with Crippen LogP contribution >= 0.6 is 0 Å². The number of carboxylic acids is 1. The van der Waals surface area contributed by atoms with Crippen LogP contribution in [0.25, 0.3) is 0 Å². The number of amides is 5. The molecule has 2 fully saturated rings. The van der Waals surface area contributed by atoms with E-state index in [4.69, 9.17) is 10.5 Å². The zero-order valence-electron chi connectivity index (χ0n) is 40.3. The maximum absolute atomic E-state index is 13.5. The Morgan fingerprint density at radius 2 is 1.49 bits per heavy atom. The third-order valence-electron chi connectivity index (χ3n) is 12.3. The van der Waals surface area contributed by atoms with Crippen LogP contribution in [0.2, 0.25) is 0 Å². The number of hydrogen-bond donors (Lipinski definition) is 7. The van der Waals surface area contributed by atoms with Crippen molar-refractivity contribution < 1.29 is 72.5 Å². The number of Topliss-reactive ketones (excluding diaryl/α,β-unsaturated/α-hetero) is 5. The number of hydrogen-bond acceptors (Lipinski definition) is 15. The smallest absolute Gasteiger partial charge is 0.306 e. The van der Waals surface area contributed by atoms with Crippen LogP contribution in [0.5, 0.6) is 0 Å². The number of rotatable bonds is 34. The topological polar surface area (TPSA) is 332 Å². The van der Waals surface area contributed by atoms with Gasteiger partial charge in [0.2, 0.25) is 29.5 Å².